The molecule has 0 aliphatic heterocycles. The van der Waals surface area contributed by atoms with Gasteiger partial charge >= 0.3 is 0 Å². The Balaban J connectivity index is 0.00000169. The van der Waals surface area contributed by atoms with Crippen LogP contribution in [0.2, 0.25) is 0 Å². The zero-order chi connectivity index (χ0) is 9.84. The minimum absolute atomic E-state index is 0. The van der Waals surface area contributed by atoms with Crippen molar-refractivity contribution in [1.82, 2.24) is 10.2 Å². The lowest BCUT2D eigenvalue weighted by atomic mass is 10.0. The molecule has 1 N–H and O–H groups in total. The van der Waals surface area contributed by atoms with Gasteiger partial charge in [-0.1, -0.05) is 20.8 Å². The zero-order valence-corrected chi connectivity index (χ0v) is 7.76. The molecule has 0 unspecified atom stereocenters. The summed E-state index contributed by atoms with van der Waals surface area (Å²) in [4.78, 5) is 22.4. The van der Waals surface area contributed by atoms with E-state index >= 15 is 0 Å². The van der Waals surface area contributed by atoms with Gasteiger partial charge in [0.25, 0.3) is 5.56 Å². The minimum Gasteiger partial charge on any atom is -0.294 e. The number of H-pyrrole nitrogens is 1. The molecule has 0 fully saturated rings. The fraction of sp³-hybridized carbons (Fsp3) is 0.500. The lowest BCUT2D eigenvalue weighted by Crippen LogP contribution is -2.18. The molecule has 0 radical (unpaired) electrons. The van der Waals surface area contributed by atoms with Gasteiger partial charge < -0.3 is 0 Å². The van der Waals surface area contributed by atoms with Crippen LogP contribution in [0, 0.1) is 0 Å². The number of carbonyl (C=O) groups excluding carboxylic acids is 1. The van der Waals surface area contributed by atoms with Crippen LogP contribution in [-0.2, 0) is 6.42 Å². The number of nitrogens with zero attached hydrogens (tertiary/aromatic N) is 1. The van der Waals surface area contributed by atoms with Gasteiger partial charge in [-0.25, -0.2) is 5.10 Å². The van der Waals surface area contributed by atoms with E-state index in [-0.39, 0.29) is 18.8 Å². The Kier molecular flexibility index (Phi) is 4.77. The standard InChI is InChI=1S/C9H12N2O2.CH4/c1-3-4-7-8(6(2)12)5-10-11-9(7)13;/h5H,3-4H2,1-2H3,(H,11,13);1H4. The highest BCUT2D eigenvalue weighted by Crippen LogP contribution is 2.04. The molecule has 0 saturated carbocycles. The fourth-order valence-electron chi connectivity index (χ4n) is 1.22. The number of hydrogen-bond donors (Lipinski definition) is 1. The predicted octanol–water partition coefficient (Wildman–Crippen LogP) is 1.56. The van der Waals surface area contributed by atoms with Crippen molar-refractivity contribution >= 4 is 5.78 Å². The molecule has 1 aromatic heterocycles. The molecule has 0 bridgehead atoms. The summed E-state index contributed by atoms with van der Waals surface area (Å²) in [5.74, 6) is -0.109. The smallest absolute Gasteiger partial charge is 0.268 e. The molecule has 0 spiro atoms. The van der Waals surface area contributed by atoms with Gasteiger partial charge in [0.2, 0.25) is 0 Å². The van der Waals surface area contributed by atoms with Crippen LogP contribution in [0.25, 0.3) is 0 Å². The highest BCUT2D eigenvalue weighted by Gasteiger charge is 2.09. The Morgan fingerprint density at radius 1 is 1.57 bits per heavy atom. The largest absolute Gasteiger partial charge is 0.294 e. The monoisotopic (exact) mass is 196 g/mol. The van der Waals surface area contributed by atoms with E-state index in [1.165, 1.54) is 13.1 Å². The van der Waals surface area contributed by atoms with Crippen LogP contribution < -0.4 is 5.56 Å². The van der Waals surface area contributed by atoms with Crippen LogP contribution in [-0.4, -0.2) is 16.0 Å². The fourth-order valence-corrected chi connectivity index (χ4v) is 1.22. The average molecular weight is 196 g/mol. The third-order valence-corrected chi connectivity index (χ3v) is 1.84. The van der Waals surface area contributed by atoms with Crippen molar-refractivity contribution in [2.24, 2.45) is 0 Å². The number of aromatic nitrogens is 2. The maximum atomic E-state index is 11.3. The minimum atomic E-state index is -0.255. The summed E-state index contributed by atoms with van der Waals surface area (Å²) in [6.45, 7) is 3.40. The first-order chi connectivity index (χ1) is 6.16. The molecular formula is C10H16N2O2. The van der Waals surface area contributed by atoms with Crippen molar-refractivity contribution in [3.05, 3.63) is 27.7 Å². The van der Waals surface area contributed by atoms with Crippen LogP contribution in [0.1, 0.15) is 43.6 Å². The van der Waals surface area contributed by atoms with Gasteiger partial charge in [-0.2, -0.15) is 5.10 Å². The molecule has 0 aromatic carbocycles. The van der Waals surface area contributed by atoms with E-state index in [0.29, 0.717) is 17.5 Å². The molecule has 4 nitrogen and oxygen atoms in total. The molecule has 1 heterocycles. The maximum absolute atomic E-state index is 11.3. The Labute approximate surface area is 83.4 Å². The molecule has 0 aliphatic rings. The van der Waals surface area contributed by atoms with E-state index in [0.717, 1.165) is 6.42 Å². The molecule has 78 valence electrons. The molecule has 0 amide bonds. The Morgan fingerprint density at radius 3 is 2.71 bits per heavy atom. The lowest BCUT2D eigenvalue weighted by molar-refractivity contribution is 0.101. The van der Waals surface area contributed by atoms with Gasteiger partial charge in [-0.05, 0) is 13.3 Å². The average Bonchev–Trinajstić information content (AvgIpc) is 2.08. The third-order valence-electron chi connectivity index (χ3n) is 1.84. The molecule has 1 rings (SSSR count). The number of carbonyl (C=O) groups is 1. The first kappa shape index (κ1) is 12.6. The van der Waals surface area contributed by atoms with Gasteiger partial charge in [0.15, 0.2) is 5.78 Å². The van der Waals surface area contributed by atoms with Gasteiger partial charge in [0.1, 0.15) is 0 Å². The van der Waals surface area contributed by atoms with E-state index in [4.69, 9.17) is 0 Å². The van der Waals surface area contributed by atoms with Crippen molar-refractivity contribution in [2.45, 2.75) is 34.1 Å². The maximum Gasteiger partial charge on any atom is 0.268 e. The van der Waals surface area contributed by atoms with Crippen molar-refractivity contribution in [1.29, 1.82) is 0 Å². The van der Waals surface area contributed by atoms with Gasteiger partial charge in [-0.15, -0.1) is 0 Å². The topological polar surface area (TPSA) is 62.8 Å². The van der Waals surface area contributed by atoms with Crippen LogP contribution >= 0.6 is 0 Å². The second-order valence-electron chi connectivity index (χ2n) is 2.90. The summed E-state index contributed by atoms with van der Waals surface area (Å²) in [5, 5.41) is 5.91. The summed E-state index contributed by atoms with van der Waals surface area (Å²) in [6, 6.07) is 0. The molecule has 0 atom stereocenters. The Morgan fingerprint density at radius 2 is 2.21 bits per heavy atom. The van der Waals surface area contributed by atoms with E-state index in [2.05, 4.69) is 10.2 Å². The molecule has 1 aromatic rings. The van der Waals surface area contributed by atoms with Gasteiger partial charge in [-0.3, -0.25) is 9.59 Å². The first-order valence-electron chi connectivity index (χ1n) is 4.24. The number of aromatic amines is 1. The number of ketones is 1. The Bertz CT molecular complexity index is 369. The summed E-state index contributed by atoms with van der Waals surface area (Å²) < 4.78 is 0. The number of hydrogen-bond acceptors (Lipinski definition) is 3. The van der Waals surface area contributed by atoms with E-state index in [9.17, 15) is 9.59 Å². The highest BCUT2D eigenvalue weighted by atomic mass is 16.1. The summed E-state index contributed by atoms with van der Waals surface area (Å²) in [6.07, 6.45) is 2.87. The molecule has 0 saturated heterocycles. The number of rotatable bonds is 3. The lowest BCUT2D eigenvalue weighted by Gasteiger charge is -2.01. The zero-order valence-electron chi connectivity index (χ0n) is 7.76. The Hall–Kier alpha value is -1.45. The molecule has 14 heavy (non-hydrogen) atoms. The van der Waals surface area contributed by atoms with Gasteiger partial charge in [0.05, 0.1) is 6.20 Å². The summed E-state index contributed by atoms with van der Waals surface area (Å²) >= 11 is 0. The van der Waals surface area contributed by atoms with Crippen molar-refractivity contribution in [3.8, 4) is 0 Å². The van der Waals surface area contributed by atoms with Crippen LogP contribution in [0.15, 0.2) is 11.0 Å². The normalized spacial score (nSPS) is 9.29. The molecular weight excluding hydrogens is 180 g/mol. The molecule has 0 aliphatic carbocycles. The second-order valence-corrected chi connectivity index (χ2v) is 2.90. The van der Waals surface area contributed by atoms with E-state index < -0.39 is 0 Å². The van der Waals surface area contributed by atoms with Crippen LogP contribution in [0.3, 0.4) is 0 Å². The van der Waals surface area contributed by atoms with Crippen molar-refractivity contribution < 1.29 is 4.79 Å². The van der Waals surface area contributed by atoms with Gasteiger partial charge in [0, 0.05) is 11.1 Å². The first-order valence-corrected chi connectivity index (χ1v) is 4.24. The molecule has 4 heteroatoms. The van der Waals surface area contributed by atoms with Crippen molar-refractivity contribution in [3.63, 3.8) is 0 Å². The van der Waals surface area contributed by atoms with Crippen molar-refractivity contribution in [2.75, 3.05) is 0 Å². The summed E-state index contributed by atoms with van der Waals surface area (Å²) in [7, 11) is 0. The number of Topliss-reactive ketones (excluding diaryl/α,β-unsaturated/α-hetero) is 1. The summed E-state index contributed by atoms with van der Waals surface area (Å²) in [5.41, 5.74) is 0.727. The van der Waals surface area contributed by atoms with Crippen LogP contribution in [0.5, 0.6) is 0 Å². The highest BCUT2D eigenvalue weighted by molar-refractivity contribution is 5.95. The predicted molar refractivity (Wildman–Crippen MR) is 55.6 cm³/mol. The number of nitrogens with one attached hydrogen (secondary N) is 1. The third kappa shape index (κ3) is 2.52. The van der Waals surface area contributed by atoms with Crippen LogP contribution in [0.4, 0.5) is 0 Å². The van der Waals surface area contributed by atoms with E-state index in [1.54, 1.807) is 0 Å². The quantitative estimate of drug-likeness (QED) is 0.746. The SMILES string of the molecule is C.CCCc1c(C(C)=O)cn[nH]c1=O. The second kappa shape index (κ2) is 5.32. The van der Waals surface area contributed by atoms with E-state index in [1.807, 2.05) is 6.92 Å².